The Morgan fingerprint density at radius 3 is 1.67 bits per heavy atom. The first-order chi connectivity index (χ1) is 14.2. The van der Waals surface area contributed by atoms with Crippen molar-refractivity contribution in [1.29, 1.82) is 0 Å². The van der Waals surface area contributed by atoms with Crippen molar-refractivity contribution in [3.63, 3.8) is 0 Å². The predicted octanol–water partition coefficient (Wildman–Crippen LogP) is 6.36. The van der Waals surface area contributed by atoms with E-state index in [1.54, 1.807) is 0 Å². The first-order valence-electron chi connectivity index (χ1n) is 11.0. The van der Waals surface area contributed by atoms with Crippen LogP contribution < -0.4 is 0 Å². The maximum Gasteiger partial charge on any atom is 0.201 e. The van der Waals surface area contributed by atoms with Crippen LogP contribution in [0.5, 0.6) is 0 Å². The molecular formula is C26H38O3Si. The minimum Gasteiger partial charge on any atom is -0.407 e. The maximum atomic E-state index is 11.2. The summed E-state index contributed by atoms with van der Waals surface area (Å²) in [5, 5.41) is 22.1. The van der Waals surface area contributed by atoms with Gasteiger partial charge in [-0.05, 0) is 27.8 Å². The summed E-state index contributed by atoms with van der Waals surface area (Å²) in [4.78, 5) is 0. The predicted molar refractivity (Wildman–Crippen MR) is 129 cm³/mol. The minimum absolute atomic E-state index is 0.381. The highest BCUT2D eigenvalue weighted by atomic mass is 28.4. The minimum atomic E-state index is -2.26. The topological polar surface area (TPSA) is 49.7 Å². The van der Waals surface area contributed by atoms with Gasteiger partial charge in [0.15, 0.2) is 0 Å². The zero-order chi connectivity index (χ0) is 22.3. The number of aliphatic hydroxyl groups excluding tert-OH is 2. The first-order valence-corrected chi connectivity index (χ1v) is 13.2. The van der Waals surface area contributed by atoms with Gasteiger partial charge in [0.25, 0.3) is 0 Å². The first kappa shape index (κ1) is 24.5. The number of hydrogen-bond donors (Lipinski definition) is 2. The molecule has 0 amide bonds. The lowest BCUT2D eigenvalue weighted by atomic mass is 10.00. The van der Waals surface area contributed by atoms with E-state index in [0.29, 0.717) is 22.2 Å². The van der Waals surface area contributed by atoms with E-state index >= 15 is 0 Å². The molecule has 2 N–H and O–H groups in total. The Balaban J connectivity index is 2.43. The van der Waals surface area contributed by atoms with Gasteiger partial charge in [-0.1, -0.05) is 114 Å². The second kappa shape index (κ2) is 11.1. The summed E-state index contributed by atoms with van der Waals surface area (Å²) in [6.07, 6.45) is 1.22. The van der Waals surface area contributed by atoms with Crippen LogP contribution in [0.1, 0.15) is 58.8 Å². The van der Waals surface area contributed by atoms with Crippen LogP contribution in [-0.4, -0.2) is 30.7 Å². The Labute approximate surface area is 183 Å². The van der Waals surface area contributed by atoms with Crippen molar-refractivity contribution in [3.8, 4) is 0 Å². The molecule has 164 valence electrons. The Morgan fingerprint density at radius 1 is 0.733 bits per heavy atom. The number of hydrogen-bond acceptors (Lipinski definition) is 3. The number of rotatable bonds is 10. The standard InChI is InChI=1S/C26H38O3Si/c1-19(2)30(20(3)4,21(5)6)29-24(18-17-22-13-9-7-10-14-22)26(28)25(27)23-15-11-8-12-16-23/h7-21,24-28H,1-6H3/b18-17+/t24-,25+,26+/m1/s1. The Bertz CT molecular complexity index is 750. The van der Waals surface area contributed by atoms with Gasteiger partial charge in [-0.3, -0.25) is 0 Å². The normalized spacial score (nSPS) is 15.8. The highest BCUT2D eigenvalue weighted by Crippen LogP contribution is 2.44. The van der Waals surface area contributed by atoms with Crippen molar-refractivity contribution in [1.82, 2.24) is 0 Å². The van der Waals surface area contributed by atoms with Crippen LogP contribution in [0.3, 0.4) is 0 Å². The molecule has 30 heavy (non-hydrogen) atoms. The summed E-state index contributed by atoms with van der Waals surface area (Å²) in [5.74, 6) is 0. The van der Waals surface area contributed by atoms with Gasteiger partial charge in [0.05, 0.1) is 6.10 Å². The SMILES string of the molecule is CC(C)[Si](O[C@H](/C=C/c1ccccc1)[C@H](O)[C@@H](O)c1ccccc1)(C(C)C)C(C)C. The fraction of sp³-hybridized carbons (Fsp3) is 0.462. The van der Waals surface area contributed by atoms with Crippen LogP contribution in [0.15, 0.2) is 66.7 Å². The lowest BCUT2D eigenvalue weighted by Crippen LogP contribution is -2.52. The zero-order valence-corrected chi connectivity index (χ0v) is 20.2. The quantitative estimate of drug-likeness (QED) is 0.435. The molecule has 0 fully saturated rings. The smallest absolute Gasteiger partial charge is 0.201 e. The molecule has 0 saturated carbocycles. The molecule has 2 aromatic carbocycles. The zero-order valence-electron chi connectivity index (χ0n) is 19.2. The van der Waals surface area contributed by atoms with Gasteiger partial charge in [-0.25, -0.2) is 0 Å². The maximum absolute atomic E-state index is 11.2. The summed E-state index contributed by atoms with van der Waals surface area (Å²) in [6.45, 7) is 13.4. The summed E-state index contributed by atoms with van der Waals surface area (Å²) in [6, 6.07) is 19.3. The van der Waals surface area contributed by atoms with E-state index < -0.39 is 26.6 Å². The van der Waals surface area contributed by atoms with E-state index in [9.17, 15) is 10.2 Å². The van der Waals surface area contributed by atoms with Crippen molar-refractivity contribution < 1.29 is 14.6 Å². The molecule has 0 aliphatic heterocycles. The molecule has 0 radical (unpaired) electrons. The van der Waals surface area contributed by atoms with E-state index in [2.05, 4.69) is 41.5 Å². The average Bonchev–Trinajstić information content (AvgIpc) is 2.73. The molecule has 0 bridgehead atoms. The Morgan fingerprint density at radius 2 is 1.20 bits per heavy atom. The van der Waals surface area contributed by atoms with Gasteiger partial charge < -0.3 is 14.6 Å². The third-order valence-electron chi connectivity index (χ3n) is 6.13. The van der Waals surface area contributed by atoms with Crippen LogP contribution in [0.4, 0.5) is 0 Å². The fourth-order valence-electron chi connectivity index (χ4n) is 4.66. The molecule has 3 nitrogen and oxygen atoms in total. The van der Waals surface area contributed by atoms with Gasteiger partial charge in [-0.15, -0.1) is 0 Å². The van der Waals surface area contributed by atoms with Crippen LogP contribution in [0.25, 0.3) is 6.08 Å². The monoisotopic (exact) mass is 426 g/mol. The second-order valence-electron chi connectivity index (χ2n) is 9.02. The largest absolute Gasteiger partial charge is 0.407 e. The van der Waals surface area contributed by atoms with E-state index in [0.717, 1.165) is 5.56 Å². The molecule has 4 heteroatoms. The molecule has 0 heterocycles. The summed E-state index contributed by atoms with van der Waals surface area (Å²) in [7, 11) is -2.26. The second-order valence-corrected chi connectivity index (χ2v) is 14.4. The van der Waals surface area contributed by atoms with Gasteiger partial charge in [0, 0.05) is 0 Å². The molecular weight excluding hydrogens is 388 g/mol. The average molecular weight is 427 g/mol. The summed E-state index contributed by atoms with van der Waals surface area (Å²) < 4.78 is 6.89. The lowest BCUT2D eigenvalue weighted by molar-refractivity contribution is -0.0388. The fourth-order valence-corrected chi connectivity index (χ4v) is 10.2. The molecule has 0 spiro atoms. The van der Waals surface area contributed by atoms with Crippen LogP contribution in [0, 0.1) is 0 Å². The van der Waals surface area contributed by atoms with Crippen molar-refractivity contribution in [3.05, 3.63) is 77.9 Å². The molecule has 2 aromatic rings. The molecule has 2 rings (SSSR count). The number of aliphatic hydroxyl groups is 2. The molecule has 3 atom stereocenters. The van der Waals surface area contributed by atoms with Gasteiger partial charge in [-0.2, -0.15) is 0 Å². The number of benzene rings is 2. The van der Waals surface area contributed by atoms with Gasteiger partial charge >= 0.3 is 0 Å². The molecule has 0 aromatic heterocycles. The molecule has 0 aliphatic rings. The van der Waals surface area contributed by atoms with E-state index in [1.165, 1.54) is 0 Å². The van der Waals surface area contributed by atoms with Gasteiger partial charge in [0.2, 0.25) is 8.32 Å². The summed E-state index contributed by atoms with van der Waals surface area (Å²) in [5.41, 5.74) is 2.87. The molecule has 0 aliphatic carbocycles. The van der Waals surface area contributed by atoms with E-state index in [4.69, 9.17) is 4.43 Å². The Kier molecular flexibility index (Phi) is 9.04. The van der Waals surface area contributed by atoms with Gasteiger partial charge in [0.1, 0.15) is 12.2 Å². The van der Waals surface area contributed by atoms with E-state index in [-0.39, 0.29) is 0 Å². The highest BCUT2D eigenvalue weighted by molar-refractivity contribution is 6.77. The lowest BCUT2D eigenvalue weighted by Gasteiger charge is -2.45. The molecule has 0 unspecified atom stereocenters. The Hall–Kier alpha value is -1.72. The third-order valence-corrected chi connectivity index (χ3v) is 12.2. The highest BCUT2D eigenvalue weighted by Gasteiger charge is 2.47. The third kappa shape index (κ3) is 5.70. The van der Waals surface area contributed by atoms with E-state index in [1.807, 2.05) is 72.8 Å². The molecule has 0 saturated heterocycles. The van der Waals surface area contributed by atoms with Crippen molar-refractivity contribution in [2.24, 2.45) is 0 Å². The van der Waals surface area contributed by atoms with Crippen LogP contribution in [0.2, 0.25) is 16.6 Å². The van der Waals surface area contributed by atoms with Crippen molar-refractivity contribution in [2.45, 2.75) is 76.5 Å². The van der Waals surface area contributed by atoms with Crippen LogP contribution >= 0.6 is 0 Å². The van der Waals surface area contributed by atoms with Crippen molar-refractivity contribution in [2.75, 3.05) is 0 Å². The van der Waals surface area contributed by atoms with Crippen LogP contribution in [-0.2, 0) is 4.43 Å². The van der Waals surface area contributed by atoms with Crippen molar-refractivity contribution >= 4 is 14.4 Å². The summed E-state index contributed by atoms with van der Waals surface area (Å²) >= 11 is 0.